The Morgan fingerprint density at radius 2 is 2.07 bits per heavy atom. The first-order chi connectivity index (χ1) is 7.11. The zero-order valence-electron chi connectivity index (χ0n) is 10.2. The Balaban J connectivity index is 2.54. The summed E-state index contributed by atoms with van der Waals surface area (Å²) in [7, 11) is 0. The summed E-state index contributed by atoms with van der Waals surface area (Å²) in [5.41, 5.74) is 5.98. The van der Waals surface area contributed by atoms with Crippen molar-refractivity contribution < 1.29 is 4.79 Å². The molecule has 0 bridgehead atoms. The molecule has 1 saturated carbocycles. The van der Waals surface area contributed by atoms with E-state index in [1.165, 1.54) is 12.8 Å². The van der Waals surface area contributed by atoms with Crippen LogP contribution in [0.3, 0.4) is 0 Å². The minimum absolute atomic E-state index is 0.161. The standard InChI is InChI=1S/C12H24N2O/c1-4-8-14(10-6-7-10)12(15)11(13)9(3)5-2/h9-11H,4-8,13H2,1-3H3. The maximum atomic E-state index is 12.1. The van der Waals surface area contributed by atoms with Crippen molar-refractivity contribution in [3.8, 4) is 0 Å². The van der Waals surface area contributed by atoms with Gasteiger partial charge >= 0.3 is 0 Å². The summed E-state index contributed by atoms with van der Waals surface area (Å²) < 4.78 is 0. The van der Waals surface area contributed by atoms with Gasteiger partial charge in [-0.05, 0) is 25.2 Å². The number of hydrogen-bond donors (Lipinski definition) is 1. The van der Waals surface area contributed by atoms with E-state index in [-0.39, 0.29) is 17.9 Å². The number of carbonyl (C=O) groups excluding carboxylic acids is 1. The maximum absolute atomic E-state index is 12.1. The van der Waals surface area contributed by atoms with E-state index < -0.39 is 0 Å². The summed E-state index contributed by atoms with van der Waals surface area (Å²) in [4.78, 5) is 14.1. The number of hydrogen-bond acceptors (Lipinski definition) is 2. The van der Waals surface area contributed by atoms with Gasteiger partial charge in [0.2, 0.25) is 5.91 Å². The van der Waals surface area contributed by atoms with Gasteiger partial charge in [-0.1, -0.05) is 27.2 Å². The van der Waals surface area contributed by atoms with Crippen LogP contribution in [0, 0.1) is 5.92 Å². The normalized spacial score (nSPS) is 19.7. The maximum Gasteiger partial charge on any atom is 0.240 e. The molecule has 1 aliphatic rings. The number of rotatable bonds is 6. The lowest BCUT2D eigenvalue weighted by atomic mass is 9.99. The third-order valence-corrected chi connectivity index (χ3v) is 3.28. The fourth-order valence-electron chi connectivity index (χ4n) is 1.79. The van der Waals surface area contributed by atoms with Crippen LogP contribution in [0.4, 0.5) is 0 Å². The van der Waals surface area contributed by atoms with Crippen LogP contribution in [0.15, 0.2) is 0 Å². The molecule has 1 rings (SSSR count). The van der Waals surface area contributed by atoms with Crippen molar-refractivity contribution >= 4 is 5.91 Å². The second-order valence-electron chi connectivity index (χ2n) is 4.67. The van der Waals surface area contributed by atoms with Gasteiger partial charge in [0.25, 0.3) is 0 Å². The molecule has 0 aliphatic heterocycles. The van der Waals surface area contributed by atoms with Crippen LogP contribution in [-0.4, -0.2) is 29.4 Å². The minimum atomic E-state index is -0.304. The summed E-state index contributed by atoms with van der Waals surface area (Å²) in [6.07, 6.45) is 4.32. The van der Waals surface area contributed by atoms with Crippen molar-refractivity contribution in [1.82, 2.24) is 4.90 Å². The molecule has 88 valence electrons. The highest BCUT2D eigenvalue weighted by Crippen LogP contribution is 2.28. The lowest BCUT2D eigenvalue weighted by Crippen LogP contribution is -2.48. The fourth-order valence-corrected chi connectivity index (χ4v) is 1.79. The highest BCUT2D eigenvalue weighted by Gasteiger charge is 2.35. The van der Waals surface area contributed by atoms with Gasteiger partial charge in [0, 0.05) is 12.6 Å². The van der Waals surface area contributed by atoms with Crippen molar-refractivity contribution in [3.05, 3.63) is 0 Å². The summed E-state index contributed by atoms with van der Waals surface area (Å²) in [6.45, 7) is 7.11. The molecule has 2 unspecified atom stereocenters. The lowest BCUT2D eigenvalue weighted by molar-refractivity contribution is -0.134. The Hall–Kier alpha value is -0.570. The molecule has 3 heteroatoms. The molecule has 0 radical (unpaired) electrons. The Kier molecular flexibility index (Phi) is 4.58. The molecule has 2 N–H and O–H groups in total. The molecule has 0 saturated heterocycles. The van der Waals surface area contributed by atoms with Gasteiger partial charge in [0.05, 0.1) is 6.04 Å². The second-order valence-corrected chi connectivity index (χ2v) is 4.67. The van der Waals surface area contributed by atoms with Crippen LogP contribution in [0.5, 0.6) is 0 Å². The van der Waals surface area contributed by atoms with Crippen molar-refractivity contribution in [3.63, 3.8) is 0 Å². The molecule has 0 aromatic carbocycles. The van der Waals surface area contributed by atoms with Gasteiger partial charge < -0.3 is 10.6 Å². The summed E-state index contributed by atoms with van der Waals surface area (Å²) >= 11 is 0. The summed E-state index contributed by atoms with van der Waals surface area (Å²) in [5.74, 6) is 0.448. The molecule has 0 aromatic rings. The van der Waals surface area contributed by atoms with Gasteiger partial charge in [-0.25, -0.2) is 0 Å². The molecule has 0 aromatic heterocycles. The molecule has 0 spiro atoms. The minimum Gasteiger partial charge on any atom is -0.338 e. The van der Waals surface area contributed by atoms with E-state index in [1.54, 1.807) is 0 Å². The molecule has 1 amide bonds. The van der Waals surface area contributed by atoms with Gasteiger partial charge in [0.15, 0.2) is 0 Å². The number of amides is 1. The molecular formula is C12H24N2O. The first-order valence-electron chi connectivity index (χ1n) is 6.17. The highest BCUT2D eigenvalue weighted by molar-refractivity contribution is 5.82. The predicted molar refractivity (Wildman–Crippen MR) is 62.5 cm³/mol. The predicted octanol–water partition coefficient (Wildman–Crippen LogP) is 1.76. The van der Waals surface area contributed by atoms with Crippen LogP contribution >= 0.6 is 0 Å². The van der Waals surface area contributed by atoms with Crippen LogP contribution in [0.2, 0.25) is 0 Å². The number of nitrogens with two attached hydrogens (primary N) is 1. The van der Waals surface area contributed by atoms with Crippen LogP contribution < -0.4 is 5.73 Å². The first-order valence-corrected chi connectivity index (χ1v) is 6.17. The summed E-state index contributed by atoms with van der Waals surface area (Å²) in [5, 5.41) is 0. The fraction of sp³-hybridized carbons (Fsp3) is 0.917. The third-order valence-electron chi connectivity index (χ3n) is 3.28. The average molecular weight is 212 g/mol. The molecule has 1 fully saturated rings. The van der Waals surface area contributed by atoms with Crippen molar-refractivity contribution in [1.29, 1.82) is 0 Å². The second kappa shape index (κ2) is 5.50. The average Bonchev–Trinajstić information content (AvgIpc) is 3.06. The topological polar surface area (TPSA) is 46.3 Å². The third kappa shape index (κ3) is 3.20. The van der Waals surface area contributed by atoms with Gasteiger partial charge in [-0.2, -0.15) is 0 Å². The Labute approximate surface area is 93.0 Å². The SMILES string of the molecule is CCCN(C(=O)C(N)C(C)CC)C1CC1. The van der Waals surface area contributed by atoms with E-state index in [2.05, 4.69) is 20.8 Å². The summed E-state index contributed by atoms with van der Waals surface area (Å²) in [6, 6.07) is 0.190. The van der Waals surface area contributed by atoms with E-state index in [1.807, 2.05) is 4.90 Å². The van der Waals surface area contributed by atoms with E-state index in [9.17, 15) is 4.79 Å². The van der Waals surface area contributed by atoms with Crippen molar-refractivity contribution in [2.24, 2.45) is 11.7 Å². The quantitative estimate of drug-likeness (QED) is 0.729. The van der Waals surface area contributed by atoms with E-state index in [0.29, 0.717) is 6.04 Å². The Morgan fingerprint density at radius 1 is 1.47 bits per heavy atom. The van der Waals surface area contributed by atoms with Crippen LogP contribution in [0.25, 0.3) is 0 Å². The molecule has 2 atom stereocenters. The number of nitrogens with zero attached hydrogens (tertiary/aromatic N) is 1. The van der Waals surface area contributed by atoms with Gasteiger partial charge in [0.1, 0.15) is 0 Å². The molecule has 0 heterocycles. The highest BCUT2D eigenvalue weighted by atomic mass is 16.2. The molecule has 1 aliphatic carbocycles. The van der Waals surface area contributed by atoms with E-state index >= 15 is 0 Å². The smallest absolute Gasteiger partial charge is 0.240 e. The largest absolute Gasteiger partial charge is 0.338 e. The lowest BCUT2D eigenvalue weighted by Gasteiger charge is -2.27. The zero-order valence-corrected chi connectivity index (χ0v) is 10.2. The van der Waals surface area contributed by atoms with Gasteiger partial charge in [-0.3, -0.25) is 4.79 Å². The van der Waals surface area contributed by atoms with E-state index in [4.69, 9.17) is 5.73 Å². The molecule has 3 nitrogen and oxygen atoms in total. The Morgan fingerprint density at radius 3 is 2.47 bits per heavy atom. The zero-order chi connectivity index (χ0) is 11.4. The van der Waals surface area contributed by atoms with E-state index in [0.717, 1.165) is 19.4 Å². The molecular weight excluding hydrogens is 188 g/mol. The van der Waals surface area contributed by atoms with Crippen molar-refractivity contribution in [2.75, 3.05) is 6.54 Å². The van der Waals surface area contributed by atoms with Crippen LogP contribution in [-0.2, 0) is 4.79 Å². The van der Waals surface area contributed by atoms with Gasteiger partial charge in [-0.15, -0.1) is 0 Å². The van der Waals surface area contributed by atoms with Crippen molar-refractivity contribution in [2.45, 2.75) is 58.5 Å². The first kappa shape index (κ1) is 12.5. The molecule has 15 heavy (non-hydrogen) atoms. The monoisotopic (exact) mass is 212 g/mol. The van der Waals surface area contributed by atoms with Crippen LogP contribution in [0.1, 0.15) is 46.5 Å². The Bertz CT molecular complexity index is 214. The number of carbonyl (C=O) groups is 1.